The van der Waals surface area contributed by atoms with E-state index in [4.69, 9.17) is 9.47 Å². The average molecular weight is 263 g/mol. The third kappa shape index (κ3) is 2.65. The van der Waals surface area contributed by atoms with E-state index >= 15 is 0 Å². The normalized spacial score (nSPS) is 15.4. The Morgan fingerprint density at radius 2 is 1.89 bits per heavy atom. The summed E-state index contributed by atoms with van der Waals surface area (Å²) in [6, 6.07) is 3.81. The van der Waals surface area contributed by atoms with Gasteiger partial charge in [-0.3, -0.25) is 0 Å². The van der Waals surface area contributed by atoms with E-state index in [0.29, 0.717) is 11.5 Å². The molecule has 1 aromatic rings. The molecule has 0 bridgehead atoms. The number of esters is 1. The van der Waals surface area contributed by atoms with Gasteiger partial charge < -0.3 is 19.5 Å². The molecule has 0 spiro atoms. The van der Waals surface area contributed by atoms with Gasteiger partial charge in [0.2, 0.25) is 0 Å². The fourth-order valence-electron chi connectivity index (χ4n) is 2.11. The highest BCUT2D eigenvalue weighted by molar-refractivity contribution is 5.92. The molecule has 5 nitrogen and oxygen atoms in total. The standard InChI is InChI=1S/C14H17NO4/c1-17-12-6-9-4-5-15-11(8-14(16)19-3)10(9)7-13(12)18-2/h6-8,15H,4-5H2,1-3H3. The van der Waals surface area contributed by atoms with Crippen LogP contribution in [-0.4, -0.2) is 33.8 Å². The zero-order valence-corrected chi connectivity index (χ0v) is 11.3. The van der Waals surface area contributed by atoms with Crippen LogP contribution in [0.2, 0.25) is 0 Å². The Morgan fingerprint density at radius 1 is 1.21 bits per heavy atom. The fraction of sp³-hybridized carbons (Fsp3) is 0.357. The zero-order chi connectivity index (χ0) is 13.8. The van der Waals surface area contributed by atoms with Gasteiger partial charge in [-0.25, -0.2) is 4.79 Å². The average Bonchev–Trinajstić information content (AvgIpc) is 2.45. The summed E-state index contributed by atoms with van der Waals surface area (Å²) in [7, 11) is 4.55. The SMILES string of the molecule is COC(=O)C=C1NCCc2cc(OC)c(OC)cc21. The number of carbonyl (C=O) groups is 1. The van der Waals surface area contributed by atoms with Gasteiger partial charge in [0.15, 0.2) is 11.5 Å². The molecule has 0 fully saturated rings. The van der Waals surface area contributed by atoms with Crippen LogP contribution < -0.4 is 14.8 Å². The molecule has 19 heavy (non-hydrogen) atoms. The number of hydrogen-bond donors (Lipinski definition) is 1. The summed E-state index contributed by atoms with van der Waals surface area (Å²) in [5.74, 6) is 0.950. The van der Waals surface area contributed by atoms with Crippen molar-refractivity contribution in [2.45, 2.75) is 6.42 Å². The first-order chi connectivity index (χ1) is 9.19. The van der Waals surface area contributed by atoms with Crippen molar-refractivity contribution in [1.29, 1.82) is 0 Å². The number of rotatable bonds is 3. The van der Waals surface area contributed by atoms with Gasteiger partial charge in [-0.15, -0.1) is 0 Å². The number of benzene rings is 1. The summed E-state index contributed by atoms with van der Waals surface area (Å²) in [4.78, 5) is 11.4. The molecule has 1 aromatic carbocycles. The van der Waals surface area contributed by atoms with Crippen molar-refractivity contribution < 1.29 is 19.0 Å². The maximum Gasteiger partial charge on any atom is 0.332 e. The van der Waals surface area contributed by atoms with Crippen LogP contribution in [0.1, 0.15) is 11.1 Å². The van der Waals surface area contributed by atoms with Gasteiger partial charge in [0.05, 0.1) is 21.3 Å². The molecule has 2 rings (SSSR count). The van der Waals surface area contributed by atoms with Crippen molar-refractivity contribution in [1.82, 2.24) is 5.32 Å². The highest BCUT2D eigenvalue weighted by Gasteiger charge is 2.18. The maximum atomic E-state index is 11.4. The molecule has 0 radical (unpaired) electrons. The van der Waals surface area contributed by atoms with Crippen molar-refractivity contribution in [3.8, 4) is 11.5 Å². The molecular formula is C14H17NO4. The lowest BCUT2D eigenvalue weighted by Crippen LogP contribution is -2.23. The smallest absolute Gasteiger partial charge is 0.332 e. The highest BCUT2D eigenvalue weighted by Crippen LogP contribution is 2.34. The van der Waals surface area contributed by atoms with Crippen LogP contribution in [0.25, 0.3) is 5.70 Å². The molecule has 0 unspecified atom stereocenters. The number of carbonyl (C=O) groups excluding carboxylic acids is 1. The Bertz CT molecular complexity index is 522. The second-order valence-corrected chi connectivity index (χ2v) is 4.12. The largest absolute Gasteiger partial charge is 0.493 e. The van der Waals surface area contributed by atoms with E-state index in [1.807, 2.05) is 12.1 Å². The van der Waals surface area contributed by atoms with Crippen molar-refractivity contribution in [2.75, 3.05) is 27.9 Å². The minimum atomic E-state index is -0.384. The number of ether oxygens (including phenoxy) is 3. The Morgan fingerprint density at radius 3 is 2.53 bits per heavy atom. The Balaban J connectivity index is 2.49. The minimum absolute atomic E-state index is 0.384. The molecule has 1 aliphatic heterocycles. The summed E-state index contributed by atoms with van der Waals surface area (Å²) < 4.78 is 15.2. The summed E-state index contributed by atoms with van der Waals surface area (Å²) >= 11 is 0. The van der Waals surface area contributed by atoms with Crippen molar-refractivity contribution in [3.63, 3.8) is 0 Å². The van der Waals surface area contributed by atoms with Crippen LogP contribution in [0.15, 0.2) is 18.2 Å². The molecule has 0 aromatic heterocycles. The molecule has 0 aliphatic carbocycles. The second kappa shape index (κ2) is 5.65. The Labute approximate surface area is 112 Å². The number of nitrogens with one attached hydrogen (secondary N) is 1. The first kappa shape index (κ1) is 13.3. The van der Waals surface area contributed by atoms with Crippen LogP contribution in [0.3, 0.4) is 0 Å². The van der Waals surface area contributed by atoms with E-state index in [-0.39, 0.29) is 5.97 Å². The van der Waals surface area contributed by atoms with Crippen molar-refractivity contribution in [2.24, 2.45) is 0 Å². The van der Waals surface area contributed by atoms with Gasteiger partial charge in [-0.05, 0) is 24.1 Å². The molecular weight excluding hydrogens is 246 g/mol. The lowest BCUT2D eigenvalue weighted by atomic mass is 9.97. The van der Waals surface area contributed by atoms with Gasteiger partial charge in [0, 0.05) is 23.9 Å². The molecule has 0 saturated carbocycles. The molecule has 0 saturated heterocycles. The zero-order valence-electron chi connectivity index (χ0n) is 11.3. The second-order valence-electron chi connectivity index (χ2n) is 4.12. The monoisotopic (exact) mass is 263 g/mol. The number of methoxy groups -OCH3 is 3. The molecule has 102 valence electrons. The summed E-state index contributed by atoms with van der Waals surface area (Å²) in [5, 5.41) is 3.19. The molecule has 1 aliphatic rings. The molecule has 5 heteroatoms. The van der Waals surface area contributed by atoms with E-state index < -0.39 is 0 Å². The van der Waals surface area contributed by atoms with Gasteiger partial charge in [0.25, 0.3) is 0 Å². The van der Waals surface area contributed by atoms with Gasteiger partial charge in [0.1, 0.15) is 0 Å². The van der Waals surface area contributed by atoms with Crippen LogP contribution in [-0.2, 0) is 16.0 Å². The Hall–Kier alpha value is -2.17. The van der Waals surface area contributed by atoms with E-state index in [2.05, 4.69) is 10.1 Å². The number of hydrogen-bond acceptors (Lipinski definition) is 5. The van der Waals surface area contributed by atoms with E-state index in [0.717, 1.165) is 29.8 Å². The van der Waals surface area contributed by atoms with Crippen LogP contribution in [0.5, 0.6) is 11.5 Å². The Kier molecular flexibility index (Phi) is 3.94. The van der Waals surface area contributed by atoms with Crippen LogP contribution in [0, 0.1) is 0 Å². The summed E-state index contributed by atoms with van der Waals surface area (Å²) in [5.41, 5.74) is 2.80. The third-order valence-corrected chi connectivity index (χ3v) is 3.07. The predicted octanol–water partition coefficient (Wildman–Crippen LogP) is 1.36. The maximum absolute atomic E-state index is 11.4. The van der Waals surface area contributed by atoms with E-state index in [1.165, 1.54) is 13.2 Å². The van der Waals surface area contributed by atoms with Gasteiger partial charge in [-0.2, -0.15) is 0 Å². The minimum Gasteiger partial charge on any atom is -0.493 e. The quantitative estimate of drug-likeness (QED) is 0.659. The predicted molar refractivity (Wildman–Crippen MR) is 71.2 cm³/mol. The molecule has 1 heterocycles. The highest BCUT2D eigenvalue weighted by atomic mass is 16.5. The molecule has 0 amide bonds. The fourth-order valence-corrected chi connectivity index (χ4v) is 2.11. The van der Waals surface area contributed by atoms with Crippen LogP contribution in [0.4, 0.5) is 0 Å². The molecule has 1 N–H and O–H groups in total. The van der Waals surface area contributed by atoms with E-state index in [9.17, 15) is 4.79 Å². The topological polar surface area (TPSA) is 56.8 Å². The summed E-state index contributed by atoms with van der Waals surface area (Å²) in [6.45, 7) is 0.769. The summed E-state index contributed by atoms with van der Waals surface area (Å²) in [6.07, 6.45) is 2.32. The first-order valence-electron chi connectivity index (χ1n) is 5.98. The van der Waals surface area contributed by atoms with E-state index in [1.54, 1.807) is 14.2 Å². The van der Waals surface area contributed by atoms with Crippen LogP contribution >= 0.6 is 0 Å². The van der Waals surface area contributed by atoms with Gasteiger partial charge >= 0.3 is 5.97 Å². The first-order valence-corrected chi connectivity index (χ1v) is 5.98. The number of fused-ring (bicyclic) bond motifs is 1. The van der Waals surface area contributed by atoms with Gasteiger partial charge in [-0.1, -0.05) is 0 Å². The third-order valence-electron chi connectivity index (χ3n) is 3.07. The van der Waals surface area contributed by atoms with Crippen molar-refractivity contribution in [3.05, 3.63) is 29.3 Å². The molecule has 0 atom stereocenters. The lowest BCUT2D eigenvalue weighted by molar-refractivity contribution is -0.134. The van der Waals surface area contributed by atoms with Crippen molar-refractivity contribution >= 4 is 11.7 Å². The lowest BCUT2D eigenvalue weighted by Gasteiger charge is -2.22.